The fourth-order valence-electron chi connectivity index (χ4n) is 2.87. The molecule has 8 heteroatoms. The summed E-state index contributed by atoms with van der Waals surface area (Å²) in [6.45, 7) is 3.30. The van der Waals surface area contributed by atoms with Gasteiger partial charge in [0.05, 0.1) is 11.6 Å². The van der Waals surface area contributed by atoms with Crippen molar-refractivity contribution in [2.24, 2.45) is 0 Å². The fraction of sp³-hybridized carbons (Fsp3) is 0.235. The minimum Gasteiger partial charge on any atom is -0.353 e. The smallest absolute Gasteiger partial charge is 0.158 e. The number of rotatable bonds is 3. The summed E-state index contributed by atoms with van der Waals surface area (Å²) < 4.78 is 1.72. The van der Waals surface area contributed by atoms with Crippen LogP contribution in [0, 0.1) is 11.3 Å². The van der Waals surface area contributed by atoms with E-state index in [1.807, 2.05) is 24.4 Å². The van der Waals surface area contributed by atoms with Gasteiger partial charge >= 0.3 is 0 Å². The van der Waals surface area contributed by atoms with Gasteiger partial charge in [-0.05, 0) is 18.2 Å². The Kier molecular flexibility index (Phi) is 3.96. The van der Waals surface area contributed by atoms with Crippen LogP contribution in [-0.4, -0.2) is 50.9 Å². The molecule has 1 aliphatic heterocycles. The Balaban J connectivity index is 1.47. The molecule has 0 amide bonds. The summed E-state index contributed by atoms with van der Waals surface area (Å²) >= 11 is 0. The number of aromatic nitrogens is 5. The second-order valence-corrected chi connectivity index (χ2v) is 5.67. The van der Waals surface area contributed by atoms with Crippen LogP contribution >= 0.6 is 0 Å². The minimum absolute atomic E-state index is 0.632. The Hall–Kier alpha value is -3.47. The van der Waals surface area contributed by atoms with E-state index in [1.54, 1.807) is 29.5 Å². The largest absolute Gasteiger partial charge is 0.353 e. The molecule has 0 unspecified atom stereocenters. The predicted molar refractivity (Wildman–Crippen MR) is 92.5 cm³/mol. The molecule has 0 aliphatic carbocycles. The second kappa shape index (κ2) is 6.57. The summed E-state index contributed by atoms with van der Waals surface area (Å²) in [5.74, 6) is 2.48. The number of anilines is 2. The van der Waals surface area contributed by atoms with Gasteiger partial charge < -0.3 is 9.80 Å². The van der Waals surface area contributed by atoms with Crippen molar-refractivity contribution in [1.82, 2.24) is 24.7 Å². The molecule has 0 atom stereocenters. The Morgan fingerprint density at radius 1 is 0.880 bits per heavy atom. The second-order valence-electron chi connectivity index (χ2n) is 5.67. The zero-order valence-electron chi connectivity index (χ0n) is 13.5. The third kappa shape index (κ3) is 3.12. The first kappa shape index (κ1) is 15.1. The van der Waals surface area contributed by atoms with Gasteiger partial charge in [-0.2, -0.15) is 10.4 Å². The van der Waals surface area contributed by atoms with Crippen LogP contribution in [0.25, 0.3) is 5.82 Å². The van der Waals surface area contributed by atoms with Gasteiger partial charge in [0.25, 0.3) is 0 Å². The number of nitriles is 1. The first-order valence-corrected chi connectivity index (χ1v) is 8.01. The molecule has 25 heavy (non-hydrogen) atoms. The van der Waals surface area contributed by atoms with Crippen molar-refractivity contribution in [3.8, 4) is 11.9 Å². The van der Waals surface area contributed by atoms with Gasteiger partial charge in [-0.25, -0.2) is 19.6 Å². The van der Waals surface area contributed by atoms with Gasteiger partial charge in [-0.1, -0.05) is 0 Å². The first-order chi connectivity index (χ1) is 12.3. The zero-order chi connectivity index (χ0) is 17.1. The summed E-state index contributed by atoms with van der Waals surface area (Å²) in [6, 6.07) is 9.51. The molecular formula is C17H16N8. The number of hydrogen-bond acceptors (Lipinski definition) is 7. The molecule has 1 fully saturated rings. The number of piperazine rings is 1. The molecule has 4 rings (SSSR count). The molecule has 4 heterocycles. The Morgan fingerprint density at radius 2 is 1.60 bits per heavy atom. The Labute approximate surface area is 145 Å². The van der Waals surface area contributed by atoms with Crippen molar-refractivity contribution in [3.05, 3.63) is 54.7 Å². The average molecular weight is 332 g/mol. The maximum atomic E-state index is 9.03. The number of nitrogens with zero attached hydrogens (tertiary/aromatic N) is 8. The summed E-state index contributed by atoms with van der Waals surface area (Å²) in [5, 5.41) is 13.2. The molecule has 0 bridgehead atoms. The van der Waals surface area contributed by atoms with E-state index in [1.165, 1.54) is 0 Å². The van der Waals surface area contributed by atoms with E-state index in [0.29, 0.717) is 5.56 Å². The lowest BCUT2D eigenvalue weighted by atomic mass is 10.2. The SMILES string of the molecule is N#Cc1ccnc(N2CCN(c3cc(-n4cccn4)ncn3)CC2)c1. The van der Waals surface area contributed by atoms with Crippen molar-refractivity contribution in [1.29, 1.82) is 5.26 Å². The van der Waals surface area contributed by atoms with Crippen molar-refractivity contribution < 1.29 is 0 Å². The van der Waals surface area contributed by atoms with E-state index >= 15 is 0 Å². The molecule has 1 saturated heterocycles. The van der Waals surface area contributed by atoms with Crippen LogP contribution in [0.2, 0.25) is 0 Å². The van der Waals surface area contributed by atoms with E-state index in [9.17, 15) is 0 Å². The summed E-state index contributed by atoms with van der Waals surface area (Å²) in [5.41, 5.74) is 0.632. The van der Waals surface area contributed by atoms with Crippen LogP contribution in [0.15, 0.2) is 49.2 Å². The number of hydrogen-bond donors (Lipinski definition) is 0. The third-order valence-electron chi connectivity index (χ3n) is 4.18. The van der Waals surface area contributed by atoms with Crippen LogP contribution in [0.3, 0.4) is 0 Å². The maximum Gasteiger partial charge on any atom is 0.158 e. The van der Waals surface area contributed by atoms with Crippen molar-refractivity contribution >= 4 is 11.6 Å². The minimum atomic E-state index is 0.632. The van der Waals surface area contributed by atoms with Crippen LogP contribution in [-0.2, 0) is 0 Å². The van der Waals surface area contributed by atoms with E-state index in [4.69, 9.17) is 5.26 Å². The van der Waals surface area contributed by atoms with E-state index < -0.39 is 0 Å². The zero-order valence-corrected chi connectivity index (χ0v) is 13.5. The number of pyridine rings is 1. The van der Waals surface area contributed by atoms with Gasteiger partial charge in [0.15, 0.2) is 5.82 Å². The highest BCUT2D eigenvalue weighted by Crippen LogP contribution is 2.19. The molecule has 3 aromatic heterocycles. The summed E-state index contributed by atoms with van der Waals surface area (Å²) in [4.78, 5) is 17.4. The average Bonchev–Trinajstić information content (AvgIpc) is 3.23. The lowest BCUT2D eigenvalue weighted by Crippen LogP contribution is -2.47. The standard InChI is InChI=1S/C17H16N8/c18-12-14-2-4-19-15(10-14)23-6-8-24(9-7-23)16-11-17(21-13-20-16)25-5-1-3-22-25/h1-5,10-11,13H,6-9H2. The molecule has 0 saturated carbocycles. The lowest BCUT2D eigenvalue weighted by Gasteiger charge is -2.36. The normalized spacial score (nSPS) is 14.4. The highest BCUT2D eigenvalue weighted by atomic mass is 15.3. The maximum absolute atomic E-state index is 9.03. The van der Waals surface area contributed by atoms with Gasteiger partial charge in [0.1, 0.15) is 18.0 Å². The topological polar surface area (TPSA) is 86.8 Å². The molecule has 8 nitrogen and oxygen atoms in total. The van der Waals surface area contributed by atoms with Gasteiger partial charge in [-0.3, -0.25) is 0 Å². The van der Waals surface area contributed by atoms with E-state index in [0.717, 1.165) is 43.6 Å². The molecule has 124 valence electrons. The van der Waals surface area contributed by atoms with Gasteiger partial charge in [0, 0.05) is 50.8 Å². The molecular weight excluding hydrogens is 316 g/mol. The van der Waals surface area contributed by atoms with Gasteiger partial charge in [-0.15, -0.1) is 0 Å². The monoisotopic (exact) mass is 332 g/mol. The van der Waals surface area contributed by atoms with Gasteiger partial charge in [0.2, 0.25) is 0 Å². The van der Waals surface area contributed by atoms with Crippen LogP contribution < -0.4 is 9.80 Å². The first-order valence-electron chi connectivity index (χ1n) is 8.01. The van der Waals surface area contributed by atoms with Crippen molar-refractivity contribution in [3.63, 3.8) is 0 Å². The highest BCUT2D eigenvalue weighted by Gasteiger charge is 2.20. The summed E-state index contributed by atoms with van der Waals surface area (Å²) in [7, 11) is 0. The van der Waals surface area contributed by atoms with Crippen molar-refractivity contribution in [2.75, 3.05) is 36.0 Å². The lowest BCUT2D eigenvalue weighted by molar-refractivity contribution is 0.640. The van der Waals surface area contributed by atoms with E-state index in [-0.39, 0.29) is 0 Å². The molecule has 0 spiro atoms. The summed E-state index contributed by atoms with van der Waals surface area (Å²) in [6.07, 6.45) is 6.83. The van der Waals surface area contributed by atoms with E-state index in [2.05, 4.69) is 35.9 Å². The molecule has 1 aliphatic rings. The fourth-order valence-corrected chi connectivity index (χ4v) is 2.87. The quantitative estimate of drug-likeness (QED) is 0.713. The third-order valence-corrected chi connectivity index (χ3v) is 4.18. The Morgan fingerprint density at radius 3 is 2.28 bits per heavy atom. The van der Waals surface area contributed by atoms with Crippen molar-refractivity contribution in [2.45, 2.75) is 0 Å². The predicted octanol–water partition coefficient (Wildman–Crippen LogP) is 1.26. The molecule has 0 N–H and O–H groups in total. The van der Waals surface area contributed by atoms with Crippen LogP contribution in [0.5, 0.6) is 0 Å². The Bertz CT molecular complexity index is 891. The molecule has 0 aromatic carbocycles. The van der Waals surface area contributed by atoms with Crippen LogP contribution in [0.1, 0.15) is 5.56 Å². The molecule has 0 radical (unpaired) electrons. The molecule has 3 aromatic rings. The van der Waals surface area contributed by atoms with Crippen LogP contribution in [0.4, 0.5) is 11.6 Å². The highest BCUT2D eigenvalue weighted by molar-refractivity contribution is 5.49.